The Morgan fingerprint density at radius 3 is 2.52 bits per heavy atom. The van der Waals surface area contributed by atoms with E-state index in [1.165, 1.54) is 0 Å². The van der Waals surface area contributed by atoms with Crippen LogP contribution in [-0.2, 0) is 22.6 Å². The van der Waals surface area contributed by atoms with E-state index in [-0.39, 0.29) is 11.5 Å². The van der Waals surface area contributed by atoms with E-state index in [4.69, 9.17) is 4.74 Å². The van der Waals surface area contributed by atoms with Crippen LogP contribution in [0.2, 0.25) is 0 Å². The summed E-state index contributed by atoms with van der Waals surface area (Å²) in [7, 11) is 0. The van der Waals surface area contributed by atoms with Crippen LogP contribution in [0.5, 0.6) is 0 Å². The molecular weight excluding hydrogens is 388 g/mol. The van der Waals surface area contributed by atoms with Gasteiger partial charge < -0.3 is 9.64 Å². The Morgan fingerprint density at radius 2 is 1.87 bits per heavy atom. The number of amides is 1. The molecule has 1 N–H and O–H groups in total. The van der Waals surface area contributed by atoms with Crippen LogP contribution in [0.3, 0.4) is 0 Å². The van der Waals surface area contributed by atoms with Gasteiger partial charge in [0.1, 0.15) is 30.4 Å². The van der Waals surface area contributed by atoms with Crippen molar-refractivity contribution < 1.29 is 14.5 Å². The van der Waals surface area contributed by atoms with Crippen LogP contribution in [0.25, 0.3) is 11.3 Å². The molecule has 0 spiro atoms. The summed E-state index contributed by atoms with van der Waals surface area (Å²) in [6.07, 6.45) is 2.16. The fraction of sp³-hybridized carbons (Fsp3) is 0.480. The number of rotatable bonds is 4. The molecule has 0 radical (unpaired) electrons. The van der Waals surface area contributed by atoms with Gasteiger partial charge in [-0.1, -0.05) is 37.3 Å². The van der Waals surface area contributed by atoms with Crippen LogP contribution in [-0.4, -0.2) is 42.6 Å². The summed E-state index contributed by atoms with van der Waals surface area (Å²) in [6, 6.07) is 12.7. The highest BCUT2D eigenvalue weighted by Gasteiger charge is 2.37. The molecule has 4 rings (SSSR count). The van der Waals surface area contributed by atoms with Crippen LogP contribution in [0.1, 0.15) is 50.3 Å². The SMILES string of the molecule is CCCC(=O)N1CCN(c2[nH+]c(-c3ccccc3)c3c(c2C#N)CC(C)(C)OC3)CC1. The van der Waals surface area contributed by atoms with Gasteiger partial charge in [-0.2, -0.15) is 5.26 Å². The number of anilines is 1. The summed E-state index contributed by atoms with van der Waals surface area (Å²) in [4.78, 5) is 20.1. The van der Waals surface area contributed by atoms with Gasteiger partial charge in [0.25, 0.3) is 5.82 Å². The van der Waals surface area contributed by atoms with Crippen molar-refractivity contribution in [3.05, 3.63) is 47.0 Å². The second kappa shape index (κ2) is 8.68. The summed E-state index contributed by atoms with van der Waals surface area (Å²) in [5.41, 5.74) is 4.66. The van der Waals surface area contributed by atoms with E-state index in [9.17, 15) is 10.1 Å². The number of hydrogen-bond acceptors (Lipinski definition) is 4. The molecule has 0 atom stereocenters. The Kier molecular flexibility index (Phi) is 5.97. The molecule has 3 heterocycles. The highest BCUT2D eigenvalue weighted by molar-refractivity contribution is 5.76. The average molecular weight is 420 g/mol. The van der Waals surface area contributed by atoms with E-state index in [0.717, 1.165) is 34.6 Å². The third-order valence-electron chi connectivity index (χ3n) is 6.24. The van der Waals surface area contributed by atoms with Crippen LogP contribution < -0.4 is 9.88 Å². The van der Waals surface area contributed by atoms with Gasteiger partial charge in [0.05, 0.1) is 25.3 Å². The fourth-order valence-corrected chi connectivity index (χ4v) is 4.56. The molecule has 162 valence electrons. The summed E-state index contributed by atoms with van der Waals surface area (Å²) < 4.78 is 6.11. The van der Waals surface area contributed by atoms with Gasteiger partial charge in [0.2, 0.25) is 5.91 Å². The van der Waals surface area contributed by atoms with E-state index in [0.29, 0.717) is 51.2 Å². The van der Waals surface area contributed by atoms with Gasteiger partial charge in [-0.15, -0.1) is 0 Å². The maximum Gasteiger partial charge on any atom is 0.293 e. The number of fused-ring (bicyclic) bond motifs is 1. The molecule has 1 fully saturated rings. The number of aromatic amines is 1. The van der Waals surface area contributed by atoms with Crippen LogP contribution in [0.15, 0.2) is 30.3 Å². The van der Waals surface area contributed by atoms with E-state index in [1.807, 2.05) is 30.0 Å². The second-order valence-electron chi connectivity index (χ2n) is 9.00. The van der Waals surface area contributed by atoms with E-state index in [2.05, 4.69) is 41.9 Å². The monoisotopic (exact) mass is 419 g/mol. The Balaban J connectivity index is 1.75. The highest BCUT2D eigenvalue weighted by Crippen LogP contribution is 2.37. The Labute approximate surface area is 184 Å². The molecular formula is C25H31N4O2+. The topological polar surface area (TPSA) is 70.7 Å². The first-order valence-electron chi connectivity index (χ1n) is 11.2. The Hall–Kier alpha value is -2.91. The molecule has 1 amide bonds. The van der Waals surface area contributed by atoms with Crippen molar-refractivity contribution in [1.29, 1.82) is 5.26 Å². The number of piperazine rings is 1. The number of ether oxygens (including phenoxy) is 1. The predicted octanol–water partition coefficient (Wildman–Crippen LogP) is 3.34. The molecule has 1 saturated heterocycles. The molecule has 6 heteroatoms. The molecule has 6 nitrogen and oxygen atoms in total. The number of carbonyl (C=O) groups is 1. The van der Waals surface area contributed by atoms with Crippen LogP contribution >= 0.6 is 0 Å². The fourth-order valence-electron chi connectivity index (χ4n) is 4.56. The largest absolute Gasteiger partial charge is 0.370 e. The van der Waals surface area contributed by atoms with Gasteiger partial charge in [-0.3, -0.25) is 9.69 Å². The van der Waals surface area contributed by atoms with Gasteiger partial charge >= 0.3 is 0 Å². The first kappa shape index (κ1) is 21.3. The number of nitrogens with zero attached hydrogens (tertiary/aromatic N) is 3. The third-order valence-corrected chi connectivity index (χ3v) is 6.24. The molecule has 0 unspecified atom stereocenters. The molecule has 0 saturated carbocycles. The zero-order chi connectivity index (χ0) is 22.0. The quantitative estimate of drug-likeness (QED) is 0.762. The lowest BCUT2D eigenvalue weighted by molar-refractivity contribution is -0.352. The lowest BCUT2D eigenvalue weighted by Gasteiger charge is -2.35. The van der Waals surface area contributed by atoms with Crippen molar-refractivity contribution in [2.24, 2.45) is 0 Å². The molecule has 1 aromatic carbocycles. The first-order chi connectivity index (χ1) is 14.9. The standard InChI is InChI=1S/C25H30N4O2/c1-4-8-22(30)28-11-13-29(14-12-28)24-20(16-26)19-15-25(2,3)31-17-21(19)23(27-24)18-9-6-5-7-10-18/h5-7,9-10H,4,8,11-15,17H2,1-3H3/p+1. The number of H-pyrrole nitrogens is 1. The Morgan fingerprint density at radius 1 is 1.16 bits per heavy atom. The number of benzene rings is 1. The maximum absolute atomic E-state index is 12.3. The third kappa shape index (κ3) is 4.28. The van der Waals surface area contributed by atoms with Gasteiger partial charge in [-0.05, 0) is 25.8 Å². The number of aromatic nitrogens is 1. The summed E-state index contributed by atoms with van der Waals surface area (Å²) in [5.74, 6) is 1.08. The molecule has 0 bridgehead atoms. The average Bonchev–Trinajstić information content (AvgIpc) is 2.78. The number of hydrogen-bond donors (Lipinski definition) is 0. The summed E-state index contributed by atoms with van der Waals surface area (Å²) >= 11 is 0. The van der Waals surface area contributed by atoms with Crippen molar-refractivity contribution in [3.8, 4) is 17.3 Å². The van der Waals surface area contributed by atoms with Gasteiger partial charge in [0, 0.05) is 24.0 Å². The molecule has 0 aliphatic carbocycles. The second-order valence-corrected chi connectivity index (χ2v) is 9.00. The zero-order valence-corrected chi connectivity index (χ0v) is 18.7. The number of nitriles is 1. The number of nitrogens with one attached hydrogen (secondary N) is 1. The molecule has 2 aromatic rings. The summed E-state index contributed by atoms with van der Waals surface area (Å²) in [6.45, 7) is 9.47. The molecule has 31 heavy (non-hydrogen) atoms. The highest BCUT2D eigenvalue weighted by atomic mass is 16.5. The van der Waals surface area contributed by atoms with E-state index >= 15 is 0 Å². The number of carbonyl (C=O) groups excluding carboxylic acids is 1. The number of pyridine rings is 1. The summed E-state index contributed by atoms with van der Waals surface area (Å²) in [5, 5.41) is 10.1. The van der Waals surface area contributed by atoms with Crippen LogP contribution in [0, 0.1) is 11.3 Å². The van der Waals surface area contributed by atoms with Crippen molar-refractivity contribution >= 4 is 11.7 Å². The van der Waals surface area contributed by atoms with Crippen LogP contribution in [0.4, 0.5) is 5.82 Å². The first-order valence-corrected chi connectivity index (χ1v) is 11.2. The lowest BCUT2D eigenvalue weighted by atomic mass is 9.86. The zero-order valence-electron chi connectivity index (χ0n) is 18.7. The minimum atomic E-state index is -0.309. The maximum atomic E-state index is 12.3. The lowest BCUT2D eigenvalue weighted by Crippen LogP contribution is -2.50. The van der Waals surface area contributed by atoms with Gasteiger partial charge in [-0.25, -0.2) is 4.98 Å². The van der Waals surface area contributed by atoms with Crippen molar-refractivity contribution in [3.63, 3.8) is 0 Å². The minimum absolute atomic E-state index is 0.223. The predicted molar refractivity (Wildman–Crippen MR) is 119 cm³/mol. The molecule has 2 aliphatic rings. The van der Waals surface area contributed by atoms with E-state index < -0.39 is 0 Å². The smallest absolute Gasteiger partial charge is 0.293 e. The van der Waals surface area contributed by atoms with Crippen molar-refractivity contribution in [2.75, 3.05) is 31.1 Å². The van der Waals surface area contributed by atoms with Crippen molar-refractivity contribution in [1.82, 2.24) is 4.90 Å². The van der Waals surface area contributed by atoms with Crippen molar-refractivity contribution in [2.45, 2.75) is 52.2 Å². The Bertz CT molecular complexity index is 1000. The van der Waals surface area contributed by atoms with E-state index in [1.54, 1.807) is 0 Å². The molecule has 2 aliphatic heterocycles. The molecule has 1 aromatic heterocycles. The normalized spacial score (nSPS) is 17.7. The van der Waals surface area contributed by atoms with Gasteiger partial charge in [0.15, 0.2) is 0 Å². The minimum Gasteiger partial charge on any atom is -0.370 e.